The molecule has 2 rings (SSSR count). The monoisotopic (exact) mass is 228 g/mol. The van der Waals surface area contributed by atoms with Crippen molar-refractivity contribution >= 4 is 6.08 Å². The maximum absolute atomic E-state index is 5.03. The molecule has 0 fully saturated rings. The van der Waals surface area contributed by atoms with Crippen LogP contribution in [0.15, 0.2) is 41.4 Å². The predicted octanol–water partition coefficient (Wildman–Crippen LogP) is 3.94. The number of rotatable bonds is 5. The van der Waals surface area contributed by atoms with Gasteiger partial charge in [0, 0.05) is 23.5 Å². The SMILES string of the molecule is CCCCC=Cc1conc1-c1cccnc1. The smallest absolute Gasteiger partial charge is 0.131 e. The summed E-state index contributed by atoms with van der Waals surface area (Å²) < 4.78 is 5.03. The number of pyridine rings is 1. The van der Waals surface area contributed by atoms with Gasteiger partial charge in [0.1, 0.15) is 12.0 Å². The zero-order chi connectivity index (χ0) is 11.9. The highest BCUT2D eigenvalue weighted by Crippen LogP contribution is 2.22. The van der Waals surface area contributed by atoms with Crippen LogP contribution in [0, 0.1) is 0 Å². The molecular weight excluding hydrogens is 212 g/mol. The summed E-state index contributed by atoms with van der Waals surface area (Å²) in [6.07, 6.45) is 13.0. The molecule has 0 saturated heterocycles. The molecule has 2 aromatic heterocycles. The Morgan fingerprint density at radius 2 is 2.35 bits per heavy atom. The Bertz CT molecular complexity index is 474. The molecule has 2 heterocycles. The Morgan fingerprint density at radius 3 is 3.12 bits per heavy atom. The van der Waals surface area contributed by atoms with Gasteiger partial charge in [-0.15, -0.1) is 0 Å². The second kappa shape index (κ2) is 5.99. The Labute approximate surface area is 101 Å². The quantitative estimate of drug-likeness (QED) is 0.727. The molecule has 3 heteroatoms. The Morgan fingerprint density at radius 1 is 1.41 bits per heavy atom. The summed E-state index contributed by atoms with van der Waals surface area (Å²) in [6, 6.07) is 3.88. The van der Waals surface area contributed by atoms with E-state index in [0.29, 0.717) is 0 Å². The van der Waals surface area contributed by atoms with Crippen molar-refractivity contribution in [2.75, 3.05) is 0 Å². The lowest BCUT2D eigenvalue weighted by Gasteiger charge is -1.95. The first-order chi connectivity index (χ1) is 8.42. The average molecular weight is 228 g/mol. The molecule has 0 aliphatic heterocycles. The van der Waals surface area contributed by atoms with E-state index < -0.39 is 0 Å². The highest BCUT2D eigenvalue weighted by atomic mass is 16.5. The topological polar surface area (TPSA) is 38.9 Å². The zero-order valence-electron chi connectivity index (χ0n) is 9.97. The van der Waals surface area contributed by atoms with Crippen molar-refractivity contribution in [3.05, 3.63) is 42.4 Å². The van der Waals surface area contributed by atoms with Gasteiger partial charge in [-0.2, -0.15) is 0 Å². The maximum atomic E-state index is 5.03. The fraction of sp³-hybridized carbons (Fsp3) is 0.286. The molecule has 0 atom stereocenters. The van der Waals surface area contributed by atoms with Crippen LogP contribution >= 0.6 is 0 Å². The highest BCUT2D eigenvalue weighted by Gasteiger charge is 2.06. The number of hydrogen-bond acceptors (Lipinski definition) is 3. The van der Waals surface area contributed by atoms with E-state index in [-0.39, 0.29) is 0 Å². The van der Waals surface area contributed by atoms with E-state index in [2.05, 4.69) is 29.2 Å². The molecule has 0 aromatic carbocycles. The molecule has 0 amide bonds. The molecule has 3 nitrogen and oxygen atoms in total. The van der Waals surface area contributed by atoms with Crippen molar-refractivity contribution in [1.29, 1.82) is 0 Å². The minimum atomic E-state index is 0.853. The number of hydrogen-bond donors (Lipinski definition) is 0. The fourth-order valence-corrected chi connectivity index (χ4v) is 1.62. The minimum absolute atomic E-state index is 0.853. The fourth-order valence-electron chi connectivity index (χ4n) is 1.62. The Balaban J connectivity index is 2.15. The highest BCUT2D eigenvalue weighted by molar-refractivity contribution is 5.70. The van der Waals surface area contributed by atoms with Crippen molar-refractivity contribution < 1.29 is 4.52 Å². The second-order valence-electron chi connectivity index (χ2n) is 3.90. The van der Waals surface area contributed by atoms with E-state index >= 15 is 0 Å². The first-order valence-electron chi connectivity index (χ1n) is 5.93. The van der Waals surface area contributed by atoms with Gasteiger partial charge in [-0.05, 0) is 18.6 Å². The molecular formula is C14H16N2O. The van der Waals surface area contributed by atoms with E-state index in [1.165, 1.54) is 12.8 Å². The Kier molecular flexibility index (Phi) is 4.08. The van der Waals surface area contributed by atoms with Gasteiger partial charge >= 0.3 is 0 Å². The molecule has 0 spiro atoms. The van der Waals surface area contributed by atoms with Gasteiger partial charge in [0.25, 0.3) is 0 Å². The lowest BCUT2D eigenvalue weighted by molar-refractivity contribution is 0.422. The van der Waals surface area contributed by atoms with Crippen molar-refractivity contribution in [3.8, 4) is 11.3 Å². The summed E-state index contributed by atoms with van der Waals surface area (Å²) in [5.41, 5.74) is 2.84. The van der Waals surface area contributed by atoms with E-state index in [1.807, 2.05) is 12.1 Å². The standard InChI is InChI=1S/C14H16N2O/c1-2-3-4-5-7-13-11-17-16-14(13)12-8-6-9-15-10-12/h5-11H,2-4H2,1H3. The van der Waals surface area contributed by atoms with E-state index in [4.69, 9.17) is 4.52 Å². The molecule has 2 aromatic rings. The van der Waals surface area contributed by atoms with E-state index in [0.717, 1.165) is 23.2 Å². The number of aromatic nitrogens is 2. The summed E-state index contributed by atoms with van der Waals surface area (Å²) in [4.78, 5) is 4.09. The van der Waals surface area contributed by atoms with Crippen LogP contribution < -0.4 is 0 Å². The van der Waals surface area contributed by atoms with Crippen molar-refractivity contribution in [3.63, 3.8) is 0 Å². The van der Waals surface area contributed by atoms with Gasteiger partial charge in [-0.1, -0.05) is 37.1 Å². The first kappa shape index (κ1) is 11.6. The third-order valence-electron chi connectivity index (χ3n) is 2.55. The lowest BCUT2D eigenvalue weighted by atomic mass is 10.1. The van der Waals surface area contributed by atoms with Crippen molar-refractivity contribution in [2.24, 2.45) is 0 Å². The first-order valence-corrected chi connectivity index (χ1v) is 5.93. The van der Waals surface area contributed by atoms with Crippen LogP contribution in [0.25, 0.3) is 17.3 Å². The number of allylic oxidation sites excluding steroid dienone is 1. The summed E-state index contributed by atoms with van der Waals surface area (Å²) in [6.45, 7) is 2.19. The molecule has 0 bridgehead atoms. The minimum Gasteiger partial charge on any atom is -0.363 e. The maximum Gasteiger partial charge on any atom is 0.131 e. The average Bonchev–Trinajstić information content (AvgIpc) is 2.84. The molecule has 88 valence electrons. The van der Waals surface area contributed by atoms with Crippen LogP contribution in [-0.2, 0) is 0 Å². The van der Waals surface area contributed by atoms with Crippen LogP contribution in [-0.4, -0.2) is 10.1 Å². The van der Waals surface area contributed by atoms with E-state index in [9.17, 15) is 0 Å². The van der Waals surface area contributed by atoms with Gasteiger partial charge in [0.05, 0.1) is 0 Å². The van der Waals surface area contributed by atoms with Crippen molar-refractivity contribution in [2.45, 2.75) is 26.2 Å². The molecule has 17 heavy (non-hydrogen) atoms. The lowest BCUT2D eigenvalue weighted by Crippen LogP contribution is -1.81. The largest absolute Gasteiger partial charge is 0.363 e. The number of unbranched alkanes of at least 4 members (excludes halogenated alkanes) is 2. The molecule has 0 saturated carbocycles. The van der Waals surface area contributed by atoms with Gasteiger partial charge in [-0.3, -0.25) is 4.98 Å². The van der Waals surface area contributed by atoms with Crippen LogP contribution in [0.1, 0.15) is 31.7 Å². The summed E-state index contributed by atoms with van der Waals surface area (Å²) in [5.74, 6) is 0. The molecule has 0 N–H and O–H groups in total. The van der Waals surface area contributed by atoms with Gasteiger partial charge in [-0.25, -0.2) is 0 Å². The van der Waals surface area contributed by atoms with Crippen LogP contribution in [0.3, 0.4) is 0 Å². The third kappa shape index (κ3) is 3.03. The van der Waals surface area contributed by atoms with Gasteiger partial charge < -0.3 is 4.52 Å². The molecule has 0 radical (unpaired) electrons. The van der Waals surface area contributed by atoms with E-state index in [1.54, 1.807) is 18.7 Å². The summed E-state index contributed by atoms with van der Waals surface area (Å²) in [7, 11) is 0. The number of nitrogens with zero attached hydrogens (tertiary/aromatic N) is 2. The molecule has 0 aliphatic rings. The second-order valence-corrected chi connectivity index (χ2v) is 3.90. The predicted molar refractivity (Wildman–Crippen MR) is 68.3 cm³/mol. The van der Waals surface area contributed by atoms with Crippen LogP contribution in [0.5, 0.6) is 0 Å². The Hall–Kier alpha value is -1.90. The molecule has 0 aliphatic carbocycles. The summed E-state index contributed by atoms with van der Waals surface area (Å²) in [5, 5.41) is 4.02. The normalized spacial score (nSPS) is 11.1. The third-order valence-corrected chi connectivity index (χ3v) is 2.55. The summed E-state index contributed by atoms with van der Waals surface area (Å²) >= 11 is 0. The van der Waals surface area contributed by atoms with Gasteiger partial charge in [0.15, 0.2) is 0 Å². The zero-order valence-corrected chi connectivity index (χ0v) is 9.97. The molecule has 0 unspecified atom stereocenters. The van der Waals surface area contributed by atoms with Crippen LogP contribution in [0.4, 0.5) is 0 Å². The van der Waals surface area contributed by atoms with Crippen LogP contribution in [0.2, 0.25) is 0 Å². The van der Waals surface area contributed by atoms with Gasteiger partial charge in [0.2, 0.25) is 0 Å². The van der Waals surface area contributed by atoms with Crippen molar-refractivity contribution in [1.82, 2.24) is 10.1 Å².